The van der Waals surface area contributed by atoms with Crippen molar-refractivity contribution in [3.8, 4) is 0 Å². The van der Waals surface area contributed by atoms with Crippen LogP contribution in [0.4, 0.5) is 0 Å². The van der Waals surface area contributed by atoms with Crippen LogP contribution in [0.25, 0.3) is 0 Å². The van der Waals surface area contributed by atoms with Crippen molar-refractivity contribution in [2.24, 2.45) is 0 Å². The molecule has 74 valence electrons. The maximum atomic E-state index is 8.52. The first-order valence-corrected chi connectivity index (χ1v) is 4.55. The number of benzene rings is 1. The molecule has 0 saturated carbocycles. The highest BCUT2D eigenvalue weighted by Crippen LogP contribution is 2.02. The van der Waals surface area contributed by atoms with Gasteiger partial charge in [0.1, 0.15) is 0 Å². The molecule has 1 heteroatoms. The Labute approximate surface area is 81.4 Å². The molecule has 0 radical (unpaired) electrons. The summed E-state index contributed by atoms with van der Waals surface area (Å²) < 4.78 is 0. The van der Waals surface area contributed by atoms with E-state index in [1.165, 1.54) is 11.1 Å². The van der Waals surface area contributed by atoms with Gasteiger partial charge in [0.05, 0.1) is 5.60 Å². The molecule has 0 unspecified atom stereocenters. The molecule has 0 atom stereocenters. The molecular weight excluding hydrogens is 160 g/mol. The Hall–Kier alpha value is -0.820. The zero-order chi connectivity index (χ0) is 10.5. The lowest BCUT2D eigenvalue weighted by Crippen LogP contribution is -2.10. The van der Waals surface area contributed by atoms with Gasteiger partial charge in [0.2, 0.25) is 0 Å². The maximum Gasteiger partial charge on any atom is 0.0563 e. The molecule has 0 heterocycles. The summed E-state index contributed by atoms with van der Waals surface area (Å²) in [5.41, 5.74) is 2.24. The second kappa shape index (κ2) is 5.03. The normalized spacial score (nSPS) is 10.3. The Morgan fingerprint density at radius 2 is 1.15 bits per heavy atom. The number of aryl methyl sites for hydroxylation is 2. The molecule has 1 aromatic rings. The molecule has 0 saturated heterocycles. The lowest BCUT2D eigenvalue weighted by molar-refractivity contribution is 0.102. The summed E-state index contributed by atoms with van der Waals surface area (Å²) in [4.78, 5) is 0. The van der Waals surface area contributed by atoms with E-state index in [9.17, 15) is 0 Å². The minimum atomic E-state index is -0.500. The molecule has 0 aliphatic heterocycles. The topological polar surface area (TPSA) is 20.2 Å². The minimum absolute atomic E-state index is 0.500. The first-order chi connectivity index (χ1) is 5.80. The van der Waals surface area contributed by atoms with Gasteiger partial charge in [-0.1, -0.05) is 24.3 Å². The largest absolute Gasteiger partial charge is 0.391 e. The summed E-state index contributed by atoms with van der Waals surface area (Å²) in [6.07, 6.45) is 0. The van der Waals surface area contributed by atoms with E-state index in [-0.39, 0.29) is 0 Å². The van der Waals surface area contributed by atoms with Crippen molar-refractivity contribution in [2.75, 3.05) is 0 Å². The fourth-order valence-electron chi connectivity index (χ4n) is 0.663. The number of hydrogen-bond acceptors (Lipinski definition) is 1. The summed E-state index contributed by atoms with van der Waals surface area (Å²) in [6, 6.07) is 8.36. The molecule has 0 amide bonds. The summed E-state index contributed by atoms with van der Waals surface area (Å²) in [6.45, 7) is 9.47. The highest BCUT2D eigenvalue weighted by molar-refractivity contribution is 5.23. The van der Waals surface area contributed by atoms with Crippen molar-refractivity contribution in [3.63, 3.8) is 0 Å². The molecule has 0 fully saturated rings. The van der Waals surface area contributed by atoms with E-state index in [0.717, 1.165) is 0 Å². The summed E-state index contributed by atoms with van der Waals surface area (Å²) in [7, 11) is 0. The lowest BCUT2D eigenvalue weighted by atomic mass is 10.1. The molecular formula is C12H20O. The number of aliphatic hydroxyl groups is 1. The van der Waals surface area contributed by atoms with Crippen LogP contribution in [-0.2, 0) is 0 Å². The highest BCUT2D eigenvalue weighted by Gasteiger charge is 1.97. The monoisotopic (exact) mass is 180 g/mol. The summed E-state index contributed by atoms with van der Waals surface area (Å²) >= 11 is 0. The van der Waals surface area contributed by atoms with E-state index in [2.05, 4.69) is 38.1 Å². The van der Waals surface area contributed by atoms with Gasteiger partial charge >= 0.3 is 0 Å². The van der Waals surface area contributed by atoms with Gasteiger partial charge in [-0.05, 0) is 45.7 Å². The third-order valence-corrected chi connectivity index (χ3v) is 1.43. The van der Waals surface area contributed by atoms with Gasteiger partial charge in [-0.15, -0.1) is 0 Å². The van der Waals surface area contributed by atoms with E-state index in [1.54, 1.807) is 20.8 Å². The van der Waals surface area contributed by atoms with Crippen molar-refractivity contribution >= 4 is 0 Å². The van der Waals surface area contributed by atoms with E-state index >= 15 is 0 Å². The van der Waals surface area contributed by atoms with E-state index in [1.807, 2.05) is 0 Å². The average molecular weight is 180 g/mol. The predicted octanol–water partition coefficient (Wildman–Crippen LogP) is 3.08. The van der Waals surface area contributed by atoms with Crippen LogP contribution in [0.1, 0.15) is 31.9 Å². The quantitative estimate of drug-likeness (QED) is 0.650. The van der Waals surface area contributed by atoms with Gasteiger partial charge in [-0.2, -0.15) is 0 Å². The van der Waals surface area contributed by atoms with Gasteiger partial charge in [0.15, 0.2) is 0 Å². The molecule has 13 heavy (non-hydrogen) atoms. The first-order valence-electron chi connectivity index (χ1n) is 4.55. The summed E-state index contributed by atoms with van der Waals surface area (Å²) in [5, 5.41) is 8.52. The third kappa shape index (κ3) is 9.09. The van der Waals surface area contributed by atoms with Crippen LogP contribution in [0, 0.1) is 13.8 Å². The number of rotatable bonds is 0. The van der Waals surface area contributed by atoms with Crippen LogP contribution >= 0.6 is 0 Å². The fraction of sp³-hybridized carbons (Fsp3) is 0.500. The Bertz CT molecular complexity index is 219. The second-order valence-corrected chi connectivity index (χ2v) is 4.26. The Morgan fingerprint density at radius 1 is 0.923 bits per heavy atom. The zero-order valence-electron chi connectivity index (χ0n) is 9.26. The molecule has 1 nitrogen and oxygen atoms in total. The predicted molar refractivity (Wildman–Crippen MR) is 57.9 cm³/mol. The smallest absolute Gasteiger partial charge is 0.0563 e. The van der Waals surface area contributed by atoms with E-state index in [4.69, 9.17) is 5.11 Å². The third-order valence-electron chi connectivity index (χ3n) is 1.43. The van der Waals surface area contributed by atoms with Crippen molar-refractivity contribution in [2.45, 2.75) is 40.2 Å². The Balaban J connectivity index is 0.000000252. The van der Waals surface area contributed by atoms with Gasteiger partial charge in [0.25, 0.3) is 0 Å². The summed E-state index contributed by atoms with van der Waals surface area (Å²) in [5.74, 6) is 0. The highest BCUT2D eigenvalue weighted by atomic mass is 16.3. The van der Waals surface area contributed by atoms with Crippen LogP contribution < -0.4 is 0 Å². The molecule has 1 aromatic carbocycles. The zero-order valence-corrected chi connectivity index (χ0v) is 9.26. The van der Waals surface area contributed by atoms with Crippen LogP contribution in [0.2, 0.25) is 0 Å². The van der Waals surface area contributed by atoms with Crippen LogP contribution in [0.15, 0.2) is 24.3 Å². The van der Waals surface area contributed by atoms with Gasteiger partial charge in [-0.25, -0.2) is 0 Å². The Kier molecular flexibility index (Phi) is 4.71. The first kappa shape index (κ1) is 12.2. The molecule has 0 aliphatic carbocycles. The molecule has 1 N–H and O–H groups in total. The standard InChI is InChI=1S/C8H10.C4H10O/c1-7-5-3-4-6-8(7)2;1-4(2,3)5/h3-6H,1-2H3;5H,1-3H3. The van der Waals surface area contributed by atoms with Gasteiger partial charge in [-0.3, -0.25) is 0 Å². The van der Waals surface area contributed by atoms with E-state index < -0.39 is 5.60 Å². The van der Waals surface area contributed by atoms with Crippen LogP contribution in [0.3, 0.4) is 0 Å². The van der Waals surface area contributed by atoms with Crippen molar-refractivity contribution < 1.29 is 5.11 Å². The SMILES string of the molecule is CC(C)(C)O.Cc1ccccc1C. The minimum Gasteiger partial charge on any atom is -0.391 e. The molecule has 0 bridgehead atoms. The lowest BCUT2D eigenvalue weighted by Gasteiger charge is -2.04. The number of hydrogen-bond donors (Lipinski definition) is 1. The van der Waals surface area contributed by atoms with E-state index in [0.29, 0.717) is 0 Å². The second-order valence-electron chi connectivity index (χ2n) is 4.26. The molecule has 0 aliphatic rings. The van der Waals surface area contributed by atoms with Crippen molar-refractivity contribution in [3.05, 3.63) is 35.4 Å². The van der Waals surface area contributed by atoms with Crippen molar-refractivity contribution in [1.82, 2.24) is 0 Å². The average Bonchev–Trinajstić information content (AvgIpc) is 1.92. The van der Waals surface area contributed by atoms with Crippen LogP contribution in [-0.4, -0.2) is 10.7 Å². The maximum absolute atomic E-state index is 8.52. The van der Waals surface area contributed by atoms with Crippen LogP contribution in [0.5, 0.6) is 0 Å². The molecule has 0 aromatic heterocycles. The van der Waals surface area contributed by atoms with Gasteiger partial charge < -0.3 is 5.11 Å². The molecule has 1 rings (SSSR count). The molecule has 0 spiro atoms. The van der Waals surface area contributed by atoms with Gasteiger partial charge in [0, 0.05) is 0 Å². The van der Waals surface area contributed by atoms with Crippen molar-refractivity contribution in [1.29, 1.82) is 0 Å². The fourth-order valence-corrected chi connectivity index (χ4v) is 0.663. The Morgan fingerprint density at radius 3 is 1.31 bits per heavy atom.